The van der Waals surface area contributed by atoms with Crippen LogP contribution in [0.4, 0.5) is 0 Å². The van der Waals surface area contributed by atoms with Crippen molar-refractivity contribution in [1.82, 2.24) is 10.2 Å². The number of nitrogens with one attached hydrogen (secondary N) is 1. The molecule has 0 aromatic heterocycles. The van der Waals surface area contributed by atoms with Gasteiger partial charge in [-0.1, -0.05) is 60.7 Å². The topological polar surface area (TPSA) is 61.5 Å². The van der Waals surface area contributed by atoms with Crippen LogP contribution in [0.25, 0.3) is 0 Å². The van der Waals surface area contributed by atoms with E-state index in [0.717, 1.165) is 13.1 Å². The van der Waals surface area contributed by atoms with E-state index in [9.17, 15) is 5.11 Å². The molecule has 1 heterocycles. The molecule has 1 fully saturated rings. The Morgan fingerprint density at radius 2 is 1.54 bits per heavy atom. The Balaban J connectivity index is 1.72. The second-order valence-electron chi connectivity index (χ2n) is 6.86. The van der Waals surface area contributed by atoms with Gasteiger partial charge >= 0.3 is 0 Å². The van der Waals surface area contributed by atoms with Crippen LogP contribution in [0.15, 0.2) is 60.7 Å². The van der Waals surface area contributed by atoms with Crippen molar-refractivity contribution in [1.29, 1.82) is 0 Å². The Morgan fingerprint density at radius 3 is 2.00 bits per heavy atom. The van der Waals surface area contributed by atoms with E-state index >= 15 is 0 Å². The predicted molar refractivity (Wildman–Crippen MR) is 97.4 cm³/mol. The summed E-state index contributed by atoms with van der Waals surface area (Å²) < 4.78 is 0. The molecule has 1 saturated heterocycles. The maximum Gasteiger partial charge on any atom is 0.0913 e. The van der Waals surface area contributed by atoms with Gasteiger partial charge in [-0.2, -0.15) is 0 Å². The summed E-state index contributed by atoms with van der Waals surface area (Å²) in [4.78, 5) is 2.32. The maximum atomic E-state index is 11.0. The summed E-state index contributed by atoms with van der Waals surface area (Å²) in [5.74, 6) is 0. The highest BCUT2D eigenvalue weighted by Gasteiger charge is 2.37. The SMILES string of the molecule is NC[C@@H]1CC(O)(CN(Cc2ccccc2)Cc2ccccc2)CN1. The van der Waals surface area contributed by atoms with E-state index in [0.29, 0.717) is 26.1 Å². The van der Waals surface area contributed by atoms with E-state index in [2.05, 4.69) is 58.7 Å². The van der Waals surface area contributed by atoms with E-state index in [1.165, 1.54) is 11.1 Å². The van der Waals surface area contributed by atoms with E-state index < -0.39 is 5.60 Å². The highest BCUT2D eigenvalue weighted by atomic mass is 16.3. The summed E-state index contributed by atoms with van der Waals surface area (Å²) in [6.07, 6.45) is 0.712. The Kier molecular flexibility index (Phi) is 5.63. The van der Waals surface area contributed by atoms with Gasteiger partial charge in [0.15, 0.2) is 0 Å². The molecular formula is C20H27N3O. The molecule has 0 amide bonds. The molecule has 1 aliphatic heterocycles. The Labute approximate surface area is 144 Å². The second kappa shape index (κ2) is 7.90. The summed E-state index contributed by atoms with van der Waals surface area (Å²) in [5, 5.41) is 14.3. The Hall–Kier alpha value is -1.72. The van der Waals surface area contributed by atoms with Crippen molar-refractivity contribution >= 4 is 0 Å². The van der Waals surface area contributed by atoms with Crippen LogP contribution in [0.3, 0.4) is 0 Å². The number of rotatable bonds is 7. The summed E-state index contributed by atoms with van der Waals surface area (Å²) in [6.45, 7) is 3.46. The number of benzene rings is 2. The zero-order chi connectivity index (χ0) is 16.8. The lowest BCUT2D eigenvalue weighted by molar-refractivity contribution is 0.0138. The summed E-state index contributed by atoms with van der Waals surface area (Å²) in [7, 11) is 0. The molecule has 2 aromatic rings. The number of hydrogen-bond donors (Lipinski definition) is 3. The lowest BCUT2D eigenvalue weighted by Gasteiger charge is -2.31. The zero-order valence-corrected chi connectivity index (χ0v) is 14.1. The van der Waals surface area contributed by atoms with E-state index in [1.807, 2.05) is 12.1 Å². The monoisotopic (exact) mass is 325 g/mol. The highest BCUT2D eigenvalue weighted by molar-refractivity contribution is 5.17. The molecule has 1 unspecified atom stereocenters. The van der Waals surface area contributed by atoms with Crippen LogP contribution in [0, 0.1) is 0 Å². The number of nitrogens with two attached hydrogens (primary N) is 1. The largest absolute Gasteiger partial charge is 0.387 e. The van der Waals surface area contributed by atoms with Crippen molar-refractivity contribution in [3.05, 3.63) is 71.8 Å². The highest BCUT2D eigenvalue weighted by Crippen LogP contribution is 2.22. The molecule has 24 heavy (non-hydrogen) atoms. The third-order valence-electron chi connectivity index (χ3n) is 4.65. The molecule has 4 N–H and O–H groups in total. The summed E-state index contributed by atoms with van der Waals surface area (Å²) in [6, 6.07) is 21.1. The van der Waals surface area contributed by atoms with Gasteiger partial charge < -0.3 is 16.2 Å². The van der Waals surface area contributed by atoms with Crippen molar-refractivity contribution in [2.75, 3.05) is 19.6 Å². The average Bonchev–Trinajstić information content (AvgIpc) is 2.98. The molecule has 1 aliphatic rings. The van der Waals surface area contributed by atoms with Crippen molar-refractivity contribution < 1.29 is 5.11 Å². The molecule has 0 aliphatic carbocycles. The molecule has 0 radical (unpaired) electrons. The minimum Gasteiger partial charge on any atom is -0.387 e. The molecule has 128 valence electrons. The Bertz CT molecular complexity index is 578. The number of hydrogen-bond acceptors (Lipinski definition) is 4. The standard InChI is InChI=1S/C20H27N3O/c21-12-19-11-20(24,15-22-19)16-23(13-17-7-3-1-4-8-17)14-18-9-5-2-6-10-18/h1-10,19,22,24H,11-16,21H2/t19-,20?/m0/s1. The van der Waals surface area contributed by atoms with Crippen molar-refractivity contribution in [3.63, 3.8) is 0 Å². The number of β-amino-alcohol motifs (C(OH)–C–C–N with tert-alkyl or cyclic N) is 1. The number of aliphatic hydroxyl groups is 1. The minimum absolute atomic E-state index is 0.213. The van der Waals surface area contributed by atoms with Gasteiger partial charge in [0.2, 0.25) is 0 Å². The summed E-state index contributed by atoms with van der Waals surface area (Å²) in [5.41, 5.74) is 7.56. The van der Waals surface area contributed by atoms with E-state index in [4.69, 9.17) is 5.73 Å². The first-order valence-electron chi connectivity index (χ1n) is 8.63. The fraction of sp³-hybridized carbons (Fsp3) is 0.400. The third-order valence-corrected chi connectivity index (χ3v) is 4.65. The molecule has 0 spiro atoms. The normalized spacial score (nSPS) is 23.7. The van der Waals surface area contributed by atoms with Crippen molar-refractivity contribution in [2.24, 2.45) is 5.73 Å². The van der Waals surface area contributed by atoms with E-state index in [1.54, 1.807) is 0 Å². The summed E-state index contributed by atoms with van der Waals surface area (Å²) >= 11 is 0. The van der Waals surface area contributed by atoms with Gasteiger partial charge in [-0.3, -0.25) is 4.90 Å². The van der Waals surface area contributed by atoms with Crippen LogP contribution in [-0.2, 0) is 13.1 Å². The van der Waals surface area contributed by atoms with Gasteiger partial charge in [0.1, 0.15) is 0 Å². The number of nitrogens with zero attached hydrogens (tertiary/aromatic N) is 1. The molecule has 2 atom stereocenters. The van der Waals surface area contributed by atoms with Crippen molar-refractivity contribution in [2.45, 2.75) is 31.2 Å². The Morgan fingerprint density at radius 1 is 1.00 bits per heavy atom. The molecule has 2 aromatic carbocycles. The van der Waals surface area contributed by atoms with Gasteiger partial charge in [0.25, 0.3) is 0 Å². The predicted octanol–water partition coefficient (Wildman–Crippen LogP) is 1.74. The van der Waals surface area contributed by atoms with E-state index in [-0.39, 0.29) is 6.04 Å². The minimum atomic E-state index is -0.715. The van der Waals surface area contributed by atoms with Gasteiger partial charge in [0.05, 0.1) is 5.60 Å². The van der Waals surface area contributed by atoms with Crippen LogP contribution < -0.4 is 11.1 Å². The first-order chi connectivity index (χ1) is 11.7. The van der Waals surface area contributed by atoms with Gasteiger partial charge in [0, 0.05) is 38.8 Å². The molecule has 0 saturated carbocycles. The van der Waals surface area contributed by atoms with Crippen LogP contribution >= 0.6 is 0 Å². The van der Waals surface area contributed by atoms with Gasteiger partial charge in [-0.15, -0.1) is 0 Å². The first kappa shape index (κ1) is 17.1. The van der Waals surface area contributed by atoms with Gasteiger partial charge in [-0.05, 0) is 17.5 Å². The zero-order valence-electron chi connectivity index (χ0n) is 14.1. The van der Waals surface area contributed by atoms with Crippen LogP contribution in [0.5, 0.6) is 0 Å². The fourth-order valence-electron chi connectivity index (χ4n) is 3.49. The average molecular weight is 325 g/mol. The molecule has 4 heteroatoms. The van der Waals surface area contributed by atoms with Crippen molar-refractivity contribution in [3.8, 4) is 0 Å². The molecule has 0 bridgehead atoms. The lowest BCUT2D eigenvalue weighted by atomic mass is 9.98. The van der Waals surface area contributed by atoms with Gasteiger partial charge in [-0.25, -0.2) is 0 Å². The fourth-order valence-corrected chi connectivity index (χ4v) is 3.49. The molecule has 4 nitrogen and oxygen atoms in total. The third kappa shape index (κ3) is 4.65. The van der Waals surface area contributed by atoms with Crippen LogP contribution in [0.1, 0.15) is 17.5 Å². The maximum absolute atomic E-state index is 11.0. The molecule has 3 rings (SSSR count). The smallest absolute Gasteiger partial charge is 0.0913 e. The lowest BCUT2D eigenvalue weighted by Crippen LogP contribution is -2.44. The van der Waals surface area contributed by atoms with Crippen LogP contribution in [0.2, 0.25) is 0 Å². The second-order valence-corrected chi connectivity index (χ2v) is 6.86. The van der Waals surface area contributed by atoms with Crippen LogP contribution in [-0.4, -0.2) is 41.3 Å². The first-order valence-corrected chi connectivity index (χ1v) is 8.63. The quantitative estimate of drug-likeness (QED) is 0.726. The molecular weight excluding hydrogens is 298 g/mol.